The number of hydrogen-bond donors (Lipinski definition) is 1. The third kappa shape index (κ3) is 4.34. The molecular weight excluding hydrogens is 288 g/mol. The molecule has 1 heterocycles. The van der Waals surface area contributed by atoms with Gasteiger partial charge in [0.15, 0.2) is 0 Å². The van der Waals surface area contributed by atoms with Gasteiger partial charge in [-0.25, -0.2) is 4.98 Å². The molecule has 1 aromatic heterocycles. The Bertz CT molecular complexity index is 603. The van der Waals surface area contributed by atoms with Crippen LogP contribution in [0.5, 0.6) is 11.6 Å². The van der Waals surface area contributed by atoms with E-state index in [2.05, 4.69) is 4.98 Å². The van der Waals surface area contributed by atoms with Crippen molar-refractivity contribution >= 4 is 11.6 Å². The zero-order valence-corrected chi connectivity index (χ0v) is 12.9. The van der Waals surface area contributed by atoms with Gasteiger partial charge in [0, 0.05) is 12.2 Å². The number of halogens is 1. The van der Waals surface area contributed by atoms with Gasteiger partial charge in [-0.15, -0.1) is 0 Å². The van der Waals surface area contributed by atoms with Gasteiger partial charge in [0.25, 0.3) is 0 Å². The van der Waals surface area contributed by atoms with Crippen LogP contribution in [0.4, 0.5) is 0 Å². The number of methoxy groups -OCH3 is 1. The third-order valence-electron chi connectivity index (χ3n) is 2.98. The molecule has 2 N–H and O–H groups in total. The molecule has 2 aromatic rings. The summed E-state index contributed by atoms with van der Waals surface area (Å²) in [6.45, 7) is 2.32. The zero-order chi connectivity index (χ0) is 15.2. The lowest BCUT2D eigenvalue weighted by molar-refractivity contribution is 0.294. The number of nitrogens with zero attached hydrogens (tertiary/aromatic N) is 1. The highest BCUT2D eigenvalue weighted by atomic mass is 35.5. The van der Waals surface area contributed by atoms with Crippen molar-refractivity contribution in [2.45, 2.75) is 26.0 Å². The molecule has 1 aromatic carbocycles. The van der Waals surface area contributed by atoms with Gasteiger partial charge in [-0.05, 0) is 43.2 Å². The van der Waals surface area contributed by atoms with E-state index in [1.807, 2.05) is 37.3 Å². The normalized spacial score (nSPS) is 12.0. The molecule has 0 aliphatic rings. The summed E-state index contributed by atoms with van der Waals surface area (Å²) in [4.78, 5) is 4.13. The van der Waals surface area contributed by atoms with Crippen LogP contribution in [0.15, 0.2) is 36.5 Å². The molecule has 0 aliphatic heterocycles. The van der Waals surface area contributed by atoms with Crippen LogP contribution in [0.25, 0.3) is 0 Å². The largest absolute Gasteiger partial charge is 0.487 e. The van der Waals surface area contributed by atoms with Crippen molar-refractivity contribution in [2.75, 3.05) is 7.11 Å². The maximum Gasteiger partial charge on any atom is 0.219 e. The topological polar surface area (TPSA) is 57.4 Å². The quantitative estimate of drug-likeness (QED) is 0.890. The summed E-state index contributed by atoms with van der Waals surface area (Å²) in [5, 5.41) is 0.580. The van der Waals surface area contributed by atoms with E-state index in [4.69, 9.17) is 26.8 Å². The number of benzene rings is 1. The van der Waals surface area contributed by atoms with Crippen molar-refractivity contribution in [1.82, 2.24) is 4.98 Å². The number of pyridine rings is 1. The minimum Gasteiger partial charge on any atom is -0.487 e. The van der Waals surface area contributed by atoms with Crippen molar-refractivity contribution in [2.24, 2.45) is 5.73 Å². The molecule has 0 aliphatic carbocycles. The first-order valence-corrected chi connectivity index (χ1v) is 7.12. The van der Waals surface area contributed by atoms with Gasteiger partial charge < -0.3 is 15.2 Å². The summed E-state index contributed by atoms with van der Waals surface area (Å²) in [6, 6.07) is 9.58. The molecule has 2 rings (SSSR count). The van der Waals surface area contributed by atoms with Crippen LogP contribution >= 0.6 is 11.6 Å². The lowest BCUT2D eigenvalue weighted by Crippen LogP contribution is -2.17. The van der Waals surface area contributed by atoms with Crippen molar-refractivity contribution in [3.63, 3.8) is 0 Å². The van der Waals surface area contributed by atoms with E-state index in [1.165, 1.54) is 0 Å². The van der Waals surface area contributed by atoms with Crippen LogP contribution < -0.4 is 15.2 Å². The molecule has 1 atom stereocenters. The van der Waals surface area contributed by atoms with Gasteiger partial charge in [0.05, 0.1) is 17.7 Å². The second-order valence-electron chi connectivity index (χ2n) is 4.91. The summed E-state index contributed by atoms with van der Waals surface area (Å²) in [5.41, 5.74) is 7.75. The Morgan fingerprint density at radius 1 is 1.33 bits per heavy atom. The van der Waals surface area contributed by atoms with Gasteiger partial charge in [-0.3, -0.25) is 0 Å². The van der Waals surface area contributed by atoms with E-state index in [-0.39, 0.29) is 6.04 Å². The summed E-state index contributed by atoms with van der Waals surface area (Å²) in [7, 11) is 1.58. The Morgan fingerprint density at radius 3 is 2.81 bits per heavy atom. The number of rotatable bonds is 6. The van der Waals surface area contributed by atoms with Crippen molar-refractivity contribution in [3.05, 3.63) is 52.7 Å². The third-order valence-corrected chi connectivity index (χ3v) is 3.28. The molecule has 0 fully saturated rings. The fourth-order valence-corrected chi connectivity index (χ4v) is 2.29. The Balaban J connectivity index is 2.06. The molecule has 0 radical (unpaired) electrons. The average molecular weight is 307 g/mol. The van der Waals surface area contributed by atoms with Gasteiger partial charge in [0.1, 0.15) is 12.4 Å². The fourth-order valence-electron chi connectivity index (χ4n) is 2.03. The molecule has 0 saturated carbocycles. The molecule has 4 nitrogen and oxygen atoms in total. The first-order chi connectivity index (χ1) is 10.1. The second-order valence-corrected chi connectivity index (χ2v) is 5.31. The van der Waals surface area contributed by atoms with Crippen molar-refractivity contribution in [1.29, 1.82) is 0 Å². The van der Waals surface area contributed by atoms with E-state index < -0.39 is 0 Å². The Labute approximate surface area is 129 Å². The average Bonchev–Trinajstić information content (AvgIpc) is 2.46. The minimum absolute atomic E-state index is 0.104. The second kappa shape index (κ2) is 7.29. The number of nitrogens with two attached hydrogens (primary N) is 1. The lowest BCUT2D eigenvalue weighted by Gasteiger charge is -2.12. The monoisotopic (exact) mass is 306 g/mol. The van der Waals surface area contributed by atoms with Crippen LogP contribution in [0.3, 0.4) is 0 Å². The summed E-state index contributed by atoms with van der Waals surface area (Å²) < 4.78 is 10.9. The zero-order valence-electron chi connectivity index (χ0n) is 12.2. The van der Waals surface area contributed by atoms with Gasteiger partial charge >= 0.3 is 0 Å². The molecule has 1 unspecified atom stereocenters. The van der Waals surface area contributed by atoms with Crippen LogP contribution in [0.1, 0.15) is 18.1 Å². The first-order valence-electron chi connectivity index (χ1n) is 6.75. The van der Waals surface area contributed by atoms with E-state index >= 15 is 0 Å². The van der Waals surface area contributed by atoms with E-state index in [0.717, 1.165) is 17.5 Å². The van der Waals surface area contributed by atoms with Gasteiger partial charge in [0.2, 0.25) is 5.88 Å². The number of ether oxygens (including phenoxy) is 2. The molecule has 5 heteroatoms. The Kier molecular flexibility index (Phi) is 5.42. The summed E-state index contributed by atoms with van der Waals surface area (Å²) in [5.74, 6) is 1.19. The first kappa shape index (κ1) is 15.6. The van der Waals surface area contributed by atoms with Crippen LogP contribution in [0.2, 0.25) is 5.02 Å². The molecule has 21 heavy (non-hydrogen) atoms. The van der Waals surface area contributed by atoms with E-state index in [9.17, 15) is 0 Å². The molecule has 112 valence electrons. The van der Waals surface area contributed by atoms with E-state index in [1.54, 1.807) is 13.3 Å². The highest BCUT2D eigenvalue weighted by molar-refractivity contribution is 6.32. The van der Waals surface area contributed by atoms with Crippen molar-refractivity contribution < 1.29 is 9.47 Å². The summed E-state index contributed by atoms with van der Waals surface area (Å²) in [6.07, 6.45) is 2.47. The Hall–Kier alpha value is -1.78. The number of hydrogen-bond acceptors (Lipinski definition) is 4. The fraction of sp³-hybridized carbons (Fsp3) is 0.312. The standard InChI is InChI=1S/C16H19ClN2O2/c1-11(18)8-12-5-6-15(14(17)9-12)21-10-13-4-3-7-19-16(13)20-2/h3-7,9,11H,8,10,18H2,1-2H3. The van der Waals surface area contributed by atoms with Gasteiger partial charge in [-0.2, -0.15) is 0 Å². The van der Waals surface area contributed by atoms with E-state index in [0.29, 0.717) is 23.3 Å². The predicted molar refractivity (Wildman–Crippen MR) is 83.9 cm³/mol. The van der Waals surface area contributed by atoms with Gasteiger partial charge in [-0.1, -0.05) is 17.7 Å². The summed E-state index contributed by atoms with van der Waals surface area (Å²) >= 11 is 6.24. The van der Waals surface area contributed by atoms with Crippen molar-refractivity contribution in [3.8, 4) is 11.6 Å². The van der Waals surface area contributed by atoms with Crippen LogP contribution in [0, 0.1) is 0 Å². The predicted octanol–water partition coefficient (Wildman–Crippen LogP) is 3.21. The van der Waals surface area contributed by atoms with Crippen LogP contribution in [-0.2, 0) is 13.0 Å². The lowest BCUT2D eigenvalue weighted by atomic mass is 10.1. The molecule has 0 bridgehead atoms. The maximum atomic E-state index is 6.24. The van der Waals surface area contributed by atoms with Crippen LogP contribution in [-0.4, -0.2) is 18.1 Å². The number of aromatic nitrogens is 1. The molecule has 0 spiro atoms. The molecule has 0 amide bonds. The maximum absolute atomic E-state index is 6.24. The highest BCUT2D eigenvalue weighted by Crippen LogP contribution is 2.27. The SMILES string of the molecule is COc1ncccc1COc1ccc(CC(C)N)cc1Cl. The molecule has 0 saturated heterocycles. The highest BCUT2D eigenvalue weighted by Gasteiger charge is 2.08. The molecular formula is C16H19ClN2O2. The minimum atomic E-state index is 0.104. The smallest absolute Gasteiger partial charge is 0.219 e. The Morgan fingerprint density at radius 2 is 2.14 bits per heavy atom.